The number of aliphatic hydroxyl groups excluding tert-OH is 2. The Morgan fingerprint density at radius 1 is 1.70 bits per heavy atom. The van der Waals surface area contributed by atoms with Gasteiger partial charge in [-0.1, -0.05) is 12.0 Å². The second kappa shape index (κ2) is 5.10. The number of anilines is 1. The summed E-state index contributed by atoms with van der Waals surface area (Å²) in [5.74, 6) is -0.0332. The molecule has 1 aromatic rings. The van der Waals surface area contributed by atoms with Crippen molar-refractivity contribution in [3.63, 3.8) is 0 Å². The zero-order chi connectivity index (χ0) is 14.9. The van der Waals surface area contributed by atoms with Gasteiger partial charge in [0.2, 0.25) is 0 Å². The van der Waals surface area contributed by atoms with Gasteiger partial charge in [-0.2, -0.15) is 0 Å². The van der Waals surface area contributed by atoms with E-state index in [2.05, 4.69) is 20.0 Å². The summed E-state index contributed by atoms with van der Waals surface area (Å²) in [6.07, 6.45) is -2.53. The summed E-state index contributed by atoms with van der Waals surface area (Å²) in [6, 6.07) is 0. The van der Waals surface area contributed by atoms with Gasteiger partial charge in [-0.05, 0) is 12.0 Å². The number of aliphatic hydroxyl groups is 2. The van der Waals surface area contributed by atoms with Crippen LogP contribution in [0.1, 0.15) is 25.0 Å². The number of azide groups is 1. The minimum absolute atomic E-state index is 0.0332. The second-order valence-electron chi connectivity index (χ2n) is 4.42. The van der Waals surface area contributed by atoms with E-state index in [0.717, 1.165) is 6.20 Å². The van der Waals surface area contributed by atoms with Crippen LogP contribution < -0.4 is 11.4 Å². The van der Waals surface area contributed by atoms with Crippen molar-refractivity contribution in [3.8, 4) is 0 Å². The van der Waals surface area contributed by atoms with Crippen molar-refractivity contribution in [1.82, 2.24) is 9.97 Å². The molecule has 2 heterocycles. The lowest BCUT2D eigenvalue weighted by Gasteiger charge is -2.24. The van der Waals surface area contributed by atoms with Gasteiger partial charge >= 0.3 is 5.69 Å². The van der Waals surface area contributed by atoms with E-state index in [4.69, 9.17) is 16.0 Å². The first-order chi connectivity index (χ1) is 9.45. The molecule has 2 rings (SSSR count). The van der Waals surface area contributed by atoms with Crippen LogP contribution in [0.2, 0.25) is 0 Å². The molecule has 1 aromatic heterocycles. The maximum atomic E-state index is 11.0. The van der Waals surface area contributed by atoms with Crippen LogP contribution in [0, 0.1) is 0 Å². The van der Waals surface area contributed by atoms with Gasteiger partial charge in [-0.3, -0.25) is 4.98 Å². The molecule has 1 aliphatic rings. The zero-order valence-electron chi connectivity index (χ0n) is 10.6. The summed E-state index contributed by atoms with van der Waals surface area (Å²) < 4.78 is 5.51. The van der Waals surface area contributed by atoms with Gasteiger partial charge in [-0.15, -0.1) is 0 Å². The lowest BCUT2D eigenvalue weighted by Crippen LogP contribution is -2.40. The molecule has 0 amide bonds. The quantitative estimate of drug-likeness (QED) is 0.332. The number of hydrogen-bond donors (Lipinski definition) is 4. The van der Waals surface area contributed by atoms with Crippen LogP contribution in [0.15, 0.2) is 16.1 Å². The molecule has 5 N–H and O–H groups in total. The predicted octanol–water partition coefficient (Wildman–Crippen LogP) is -0.438. The van der Waals surface area contributed by atoms with Gasteiger partial charge in [0.05, 0.1) is 0 Å². The van der Waals surface area contributed by atoms with E-state index in [0.29, 0.717) is 0 Å². The minimum atomic E-state index is -1.58. The molecule has 1 saturated heterocycles. The van der Waals surface area contributed by atoms with Gasteiger partial charge in [0, 0.05) is 16.7 Å². The van der Waals surface area contributed by atoms with Crippen LogP contribution in [-0.2, 0) is 4.74 Å². The van der Waals surface area contributed by atoms with Crippen molar-refractivity contribution in [2.24, 2.45) is 5.11 Å². The van der Waals surface area contributed by atoms with Gasteiger partial charge < -0.3 is 20.7 Å². The first kappa shape index (κ1) is 14.3. The smallest absolute Gasteiger partial charge is 0.346 e. The van der Waals surface area contributed by atoms with E-state index < -0.39 is 29.7 Å². The lowest BCUT2D eigenvalue weighted by molar-refractivity contribution is -0.0811. The molecule has 0 radical (unpaired) electrons. The summed E-state index contributed by atoms with van der Waals surface area (Å²) in [4.78, 5) is 19.4. The van der Waals surface area contributed by atoms with Gasteiger partial charge in [0.15, 0.2) is 5.72 Å². The number of hydrogen-bond acceptors (Lipinski definition) is 7. The summed E-state index contributed by atoms with van der Waals surface area (Å²) in [7, 11) is 0. The van der Waals surface area contributed by atoms with E-state index in [1.807, 2.05) is 0 Å². The number of nitrogen functional groups attached to an aromatic ring is 1. The van der Waals surface area contributed by atoms with E-state index in [-0.39, 0.29) is 17.8 Å². The zero-order valence-corrected chi connectivity index (χ0v) is 10.6. The Hall–Kier alpha value is -2.13. The summed E-state index contributed by atoms with van der Waals surface area (Å²) in [5.41, 5.74) is 12.2. The Labute approximate surface area is 112 Å². The van der Waals surface area contributed by atoms with Crippen molar-refractivity contribution in [1.29, 1.82) is 0 Å². The molecule has 10 heteroatoms. The summed E-state index contributed by atoms with van der Waals surface area (Å²) in [6.45, 7) is 1.64. The molecule has 0 aliphatic carbocycles. The molecule has 10 nitrogen and oxygen atoms in total. The van der Waals surface area contributed by atoms with Crippen LogP contribution in [0.25, 0.3) is 10.4 Å². The molecular weight excluding hydrogens is 268 g/mol. The molecule has 4 atom stereocenters. The van der Waals surface area contributed by atoms with Crippen LogP contribution in [0.3, 0.4) is 0 Å². The highest BCUT2D eigenvalue weighted by molar-refractivity contribution is 5.39. The molecule has 108 valence electrons. The average molecular weight is 282 g/mol. The Morgan fingerprint density at radius 3 is 2.95 bits per heavy atom. The number of nitrogens with one attached hydrogen (secondary N) is 1. The largest absolute Gasteiger partial charge is 0.387 e. The summed E-state index contributed by atoms with van der Waals surface area (Å²) >= 11 is 0. The highest BCUT2D eigenvalue weighted by atomic mass is 16.6. The highest BCUT2D eigenvalue weighted by Gasteiger charge is 2.53. The highest BCUT2D eigenvalue weighted by Crippen LogP contribution is 2.43. The van der Waals surface area contributed by atoms with Crippen molar-refractivity contribution in [3.05, 3.63) is 32.7 Å². The SMILES string of the molecule is CC[C@@]1(N=[N+]=[N-])O[C@H](c2cnc(=O)[nH]c2N)[C@H](O)[C@@H]1O. The minimum Gasteiger partial charge on any atom is -0.387 e. The maximum Gasteiger partial charge on any atom is 0.346 e. The Morgan fingerprint density at radius 2 is 2.40 bits per heavy atom. The molecule has 0 saturated carbocycles. The molecule has 0 spiro atoms. The standard InChI is InChI=1S/C10H14N6O4/c1-2-10(15-16-12)7(18)5(17)6(20-10)4-3-13-9(19)14-8(4)11/h3,5-7,17-18H,2H2,1H3,(H3,11,13,14,19)/t5-,6+,7-,10+/m0/s1. The Bertz CT molecular complexity index is 612. The van der Waals surface area contributed by atoms with E-state index >= 15 is 0 Å². The van der Waals surface area contributed by atoms with E-state index in [1.54, 1.807) is 6.92 Å². The predicted molar refractivity (Wildman–Crippen MR) is 67.3 cm³/mol. The van der Waals surface area contributed by atoms with Crippen molar-refractivity contribution in [2.45, 2.75) is 37.4 Å². The number of H-pyrrole nitrogens is 1. The van der Waals surface area contributed by atoms with Crippen LogP contribution in [-0.4, -0.2) is 38.1 Å². The molecule has 0 aromatic carbocycles. The Kier molecular flexibility index (Phi) is 3.64. The molecule has 0 unspecified atom stereocenters. The topological polar surface area (TPSA) is 170 Å². The first-order valence-electron chi connectivity index (χ1n) is 5.90. The molecule has 1 fully saturated rings. The average Bonchev–Trinajstić information content (AvgIpc) is 2.65. The third-order valence-corrected chi connectivity index (χ3v) is 3.33. The Balaban J connectivity index is 2.44. The van der Waals surface area contributed by atoms with Crippen LogP contribution >= 0.6 is 0 Å². The van der Waals surface area contributed by atoms with Gasteiger partial charge in [0.1, 0.15) is 24.1 Å². The maximum absolute atomic E-state index is 11.0. The number of ether oxygens (including phenoxy) is 1. The fraction of sp³-hybridized carbons (Fsp3) is 0.600. The van der Waals surface area contributed by atoms with Crippen molar-refractivity contribution < 1.29 is 14.9 Å². The molecule has 1 aliphatic heterocycles. The van der Waals surface area contributed by atoms with Crippen LogP contribution in [0.4, 0.5) is 5.82 Å². The number of aromatic nitrogens is 2. The number of rotatable bonds is 3. The third kappa shape index (κ3) is 2.10. The number of nitrogens with zero attached hydrogens (tertiary/aromatic N) is 4. The normalized spacial score (nSPS) is 32.9. The fourth-order valence-electron chi connectivity index (χ4n) is 2.20. The fourth-order valence-corrected chi connectivity index (χ4v) is 2.20. The van der Waals surface area contributed by atoms with Crippen molar-refractivity contribution in [2.75, 3.05) is 5.73 Å². The van der Waals surface area contributed by atoms with Gasteiger partial charge in [0.25, 0.3) is 0 Å². The molecule has 20 heavy (non-hydrogen) atoms. The van der Waals surface area contributed by atoms with E-state index in [9.17, 15) is 15.0 Å². The van der Waals surface area contributed by atoms with Crippen LogP contribution in [0.5, 0.6) is 0 Å². The summed E-state index contributed by atoms with van der Waals surface area (Å²) in [5, 5.41) is 23.6. The molecule has 0 bridgehead atoms. The monoisotopic (exact) mass is 282 g/mol. The lowest BCUT2D eigenvalue weighted by atomic mass is 9.99. The third-order valence-electron chi connectivity index (χ3n) is 3.33. The number of nitrogens with two attached hydrogens (primary N) is 1. The van der Waals surface area contributed by atoms with Gasteiger partial charge in [-0.25, -0.2) is 9.78 Å². The molecular formula is C10H14N6O4. The first-order valence-corrected chi connectivity index (χ1v) is 5.90. The van der Waals surface area contributed by atoms with E-state index in [1.165, 1.54) is 0 Å². The second-order valence-corrected chi connectivity index (χ2v) is 4.42. The van der Waals surface area contributed by atoms with Crippen molar-refractivity contribution >= 4 is 5.82 Å². The number of aromatic amines is 1.